The van der Waals surface area contributed by atoms with Crippen LogP contribution in [0.2, 0.25) is 0 Å². The molecule has 2 atom stereocenters. The summed E-state index contributed by atoms with van der Waals surface area (Å²) in [5.41, 5.74) is 11.8. The molecule has 0 radical (unpaired) electrons. The van der Waals surface area contributed by atoms with Gasteiger partial charge in [-0.3, -0.25) is 14.1 Å². The number of phenolic OH excluding ortho intramolecular Hbond substituents is 1. The molecule has 274 valence electrons. The van der Waals surface area contributed by atoms with Crippen molar-refractivity contribution in [1.29, 1.82) is 0 Å². The number of fused-ring (bicyclic) bond motifs is 5. The minimum Gasteiger partial charge on any atom is -0.508 e. The fourth-order valence-corrected chi connectivity index (χ4v) is 7.57. The largest absolute Gasteiger partial charge is 0.510 e. The number of esters is 1. The molecule has 6 rings (SSSR count). The van der Waals surface area contributed by atoms with E-state index in [1.54, 1.807) is 25.1 Å². The molecule has 0 saturated heterocycles. The maximum atomic E-state index is 14.0. The summed E-state index contributed by atoms with van der Waals surface area (Å²) in [6, 6.07) is 9.24. The summed E-state index contributed by atoms with van der Waals surface area (Å²) in [5.74, 6) is -1.56. The molecule has 16 nitrogen and oxygen atoms in total. The van der Waals surface area contributed by atoms with Gasteiger partial charge < -0.3 is 40.7 Å². The van der Waals surface area contributed by atoms with Gasteiger partial charge >= 0.3 is 12.1 Å². The Labute approximate surface area is 297 Å². The standard InChI is InChI=1S/C35H37N5O11S/c1-3-21-22-13-20(41)9-10-26(22)39-30-23(21)15-40-28(30)14-25-24(32(40)43)17-49-33(44)35(25,4-2)51-34(45)50-16-18-7-8-19(12-29(18)52(46,47)48)38-27(31(37)42)6-5-11-36/h7-10,12-14,27,38,41H,3-6,11,15-17,36H2,1-2H3,(H2,37,42)(H,46,47,48)/t27-,35-/m0/s1. The van der Waals surface area contributed by atoms with Crippen LogP contribution in [0.3, 0.4) is 0 Å². The maximum Gasteiger partial charge on any atom is 0.510 e. The Bertz CT molecular complexity index is 2310. The molecule has 0 aliphatic carbocycles. The summed E-state index contributed by atoms with van der Waals surface area (Å²) in [6.07, 6.45) is -0.222. The number of hydrogen-bond donors (Lipinski definition) is 5. The van der Waals surface area contributed by atoms with Crippen LogP contribution in [0, 0.1) is 0 Å². The summed E-state index contributed by atoms with van der Waals surface area (Å²) < 4.78 is 52.4. The Kier molecular flexibility index (Phi) is 9.69. The molecule has 1 amide bonds. The normalized spacial score (nSPS) is 16.7. The van der Waals surface area contributed by atoms with Gasteiger partial charge in [-0.05, 0) is 74.2 Å². The zero-order valence-corrected chi connectivity index (χ0v) is 29.1. The van der Waals surface area contributed by atoms with Crippen molar-refractivity contribution in [3.05, 3.63) is 80.6 Å². The zero-order chi connectivity index (χ0) is 37.5. The number of pyridine rings is 2. The Balaban J connectivity index is 1.31. The third-order valence-electron chi connectivity index (χ3n) is 9.44. The Morgan fingerprint density at radius 1 is 1.13 bits per heavy atom. The van der Waals surface area contributed by atoms with Crippen LogP contribution in [-0.4, -0.2) is 58.2 Å². The highest BCUT2D eigenvalue weighted by molar-refractivity contribution is 7.85. The molecule has 0 bridgehead atoms. The number of rotatable bonds is 12. The summed E-state index contributed by atoms with van der Waals surface area (Å²) in [6.45, 7) is 2.92. The molecule has 2 aromatic carbocycles. The lowest BCUT2D eigenvalue weighted by atomic mass is 9.85. The van der Waals surface area contributed by atoms with E-state index < -0.39 is 56.9 Å². The van der Waals surface area contributed by atoms with E-state index in [1.165, 1.54) is 22.8 Å². The Morgan fingerprint density at radius 3 is 2.58 bits per heavy atom. The third-order valence-corrected chi connectivity index (χ3v) is 10.4. The number of nitrogens with two attached hydrogens (primary N) is 2. The van der Waals surface area contributed by atoms with Crippen molar-refractivity contribution in [2.75, 3.05) is 11.9 Å². The molecule has 17 heteroatoms. The van der Waals surface area contributed by atoms with Gasteiger partial charge in [-0.1, -0.05) is 19.9 Å². The molecule has 4 aromatic rings. The second-order valence-corrected chi connectivity index (χ2v) is 13.9. The second-order valence-electron chi connectivity index (χ2n) is 12.5. The van der Waals surface area contributed by atoms with Gasteiger partial charge in [0.1, 0.15) is 29.9 Å². The molecular weight excluding hydrogens is 698 g/mol. The van der Waals surface area contributed by atoms with E-state index in [4.69, 9.17) is 30.7 Å². The fourth-order valence-electron chi connectivity index (χ4n) is 6.83. The van der Waals surface area contributed by atoms with E-state index in [-0.39, 0.29) is 54.1 Å². The molecule has 0 unspecified atom stereocenters. The van der Waals surface area contributed by atoms with Gasteiger partial charge in [0.05, 0.1) is 29.0 Å². The number of ether oxygens (including phenoxy) is 3. The first-order valence-corrected chi connectivity index (χ1v) is 18.0. The number of aromatic nitrogens is 2. The van der Waals surface area contributed by atoms with E-state index >= 15 is 0 Å². The van der Waals surface area contributed by atoms with Gasteiger partial charge in [0.25, 0.3) is 15.7 Å². The number of hydrogen-bond acceptors (Lipinski definition) is 13. The SMILES string of the molecule is CCc1c2c(nc3ccc(O)cc13)-c1cc3c(c(=O)n1C2)COC(=O)[C@@]3(CC)OC(=O)OCc1ccc(N[C@@H](CCCN)C(N)=O)cc1S(=O)(=O)O. The van der Waals surface area contributed by atoms with Crippen LogP contribution in [0.15, 0.2) is 52.2 Å². The van der Waals surface area contributed by atoms with Crippen molar-refractivity contribution in [2.45, 2.75) is 75.8 Å². The summed E-state index contributed by atoms with van der Waals surface area (Å²) in [7, 11) is -4.86. The predicted octanol–water partition coefficient (Wildman–Crippen LogP) is 2.96. The lowest BCUT2D eigenvalue weighted by Crippen LogP contribution is -2.47. The Hall–Kier alpha value is -5.52. The number of aromatic hydroxyl groups is 1. The first kappa shape index (κ1) is 36.3. The number of phenols is 1. The summed E-state index contributed by atoms with van der Waals surface area (Å²) in [5, 5.41) is 13.7. The van der Waals surface area contributed by atoms with E-state index in [2.05, 4.69) is 5.32 Å². The van der Waals surface area contributed by atoms with Crippen molar-refractivity contribution in [2.24, 2.45) is 11.5 Å². The van der Waals surface area contributed by atoms with Gasteiger partial charge in [-0.2, -0.15) is 8.42 Å². The first-order valence-electron chi connectivity index (χ1n) is 16.5. The molecule has 0 saturated carbocycles. The second kappa shape index (κ2) is 13.9. The van der Waals surface area contributed by atoms with Gasteiger partial charge in [-0.25, -0.2) is 14.6 Å². The summed E-state index contributed by atoms with van der Waals surface area (Å²) >= 11 is 0. The van der Waals surface area contributed by atoms with Crippen LogP contribution in [-0.2, 0) is 65.7 Å². The third kappa shape index (κ3) is 6.42. The number of carbonyl (C=O) groups is 3. The quantitative estimate of drug-likeness (QED) is 0.0913. The van der Waals surface area contributed by atoms with Crippen LogP contribution < -0.4 is 22.3 Å². The highest BCUT2D eigenvalue weighted by atomic mass is 32.2. The van der Waals surface area contributed by atoms with Gasteiger partial charge in [0.2, 0.25) is 11.5 Å². The molecule has 2 aliphatic heterocycles. The number of nitrogens with one attached hydrogen (secondary N) is 1. The first-order chi connectivity index (χ1) is 24.7. The average Bonchev–Trinajstić information content (AvgIpc) is 3.47. The molecule has 4 heterocycles. The van der Waals surface area contributed by atoms with E-state index in [1.807, 2.05) is 6.92 Å². The molecule has 0 fully saturated rings. The van der Waals surface area contributed by atoms with Gasteiger partial charge in [0, 0.05) is 27.8 Å². The zero-order valence-electron chi connectivity index (χ0n) is 28.3. The molecular formula is C35H37N5O11S. The number of benzene rings is 2. The van der Waals surface area contributed by atoms with Crippen LogP contribution in [0.1, 0.15) is 60.9 Å². The van der Waals surface area contributed by atoms with Crippen molar-refractivity contribution in [3.8, 4) is 17.1 Å². The molecule has 7 N–H and O–H groups in total. The van der Waals surface area contributed by atoms with Crippen molar-refractivity contribution in [3.63, 3.8) is 0 Å². The summed E-state index contributed by atoms with van der Waals surface area (Å²) in [4.78, 5) is 56.7. The fraction of sp³-hybridized carbons (Fsp3) is 0.343. The monoisotopic (exact) mass is 735 g/mol. The van der Waals surface area contributed by atoms with Crippen LogP contribution in [0.5, 0.6) is 5.75 Å². The van der Waals surface area contributed by atoms with Crippen LogP contribution in [0.4, 0.5) is 10.5 Å². The number of aryl methyl sites for hydroxylation is 1. The maximum absolute atomic E-state index is 14.0. The van der Waals surface area contributed by atoms with E-state index in [9.17, 15) is 37.3 Å². The van der Waals surface area contributed by atoms with E-state index in [0.717, 1.165) is 22.6 Å². The van der Waals surface area contributed by atoms with Crippen LogP contribution >= 0.6 is 0 Å². The minimum absolute atomic E-state index is 0.0788. The van der Waals surface area contributed by atoms with E-state index in [0.29, 0.717) is 36.3 Å². The van der Waals surface area contributed by atoms with Crippen LogP contribution in [0.25, 0.3) is 22.3 Å². The van der Waals surface area contributed by atoms with Gasteiger partial charge in [0.15, 0.2) is 0 Å². The number of nitrogens with zero attached hydrogens (tertiary/aromatic N) is 2. The number of cyclic esters (lactones) is 1. The lowest BCUT2D eigenvalue weighted by Gasteiger charge is -2.35. The number of primary amides is 1. The number of carbonyl (C=O) groups excluding carboxylic acids is 3. The molecule has 2 aliphatic rings. The number of amides is 1. The van der Waals surface area contributed by atoms with Crippen molar-refractivity contribution >= 4 is 44.7 Å². The smallest absolute Gasteiger partial charge is 0.508 e. The molecule has 0 spiro atoms. The predicted molar refractivity (Wildman–Crippen MR) is 186 cm³/mol. The topological polar surface area (TPSA) is 252 Å². The van der Waals surface area contributed by atoms with Gasteiger partial charge in [-0.15, -0.1) is 0 Å². The Morgan fingerprint density at radius 2 is 1.90 bits per heavy atom. The van der Waals surface area contributed by atoms with Crippen molar-refractivity contribution in [1.82, 2.24) is 9.55 Å². The number of anilines is 1. The minimum atomic E-state index is -4.86. The lowest BCUT2D eigenvalue weighted by molar-refractivity contribution is -0.175. The molecule has 2 aromatic heterocycles. The average molecular weight is 736 g/mol. The highest BCUT2D eigenvalue weighted by Gasteiger charge is 2.51. The van der Waals surface area contributed by atoms with Crippen molar-refractivity contribution < 1.29 is 46.7 Å². The highest BCUT2D eigenvalue weighted by Crippen LogP contribution is 2.42. The molecule has 52 heavy (non-hydrogen) atoms.